The molecule has 1 N–H and O–H groups in total. The highest BCUT2D eigenvalue weighted by atomic mass is 19.1. The summed E-state index contributed by atoms with van der Waals surface area (Å²) in [5.41, 5.74) is 0.679. The molecule has 1 aliphatic carbocycles. The van der Waals surface area contributed by atoms with E-state index in [-0.39, 0.29) is 29.7 Å². The van der Waals surface area contributed by atoms with Gasteiger partial charge in [0, 0.05) is 23.9 Å². The minimum atomic E-state index is -0.494. The second kappa shape index (κ2) is 9.93. The molecule has 0 bridgehead atoms. The third kappa shape index (κ3) is 5.63. The number of aromatic nitrogens is 4. The van der Waals surface area contributed by atoms with E-state index in [1.807, 2.05) is 40.7 Å². The van der Waals surface area contributed by atoms with Gasteiger partial charge in [0.05, 0.1) is 5.69 Å². The van der Waals surface area contributed by atoms with Gasteiger partial charge in [0.1, 0.15) is 16.9 Å². The molecule has 1 aliphatic rings. The Morgan fingerprint density at radius 1 is 1.34 bits per heavy atom. The van der Waals surface area contributed by atoms with Crippen LogP contribution in [0.3, 0.4) is 0 Å². The molecule has 0 aliphatic heterocycles. The zero-order valence-electron chi connectivity index (χ0n) is 21.3. The Kier molecular flexibility index (Phi) is 7.12. The number of amides is 1. The standard InChI is InChI=1S/C25H35FN6O3/c1-15(2)20-18-9-7-10-19(26)21(18)32(29-20)23-28-22(35-30-23)16-13-17(14-16)31(6)12-8-11-27-24(33)34-25(3,4)5/h7,9-10,15-17H,8,11-14H2,1-6H3,(H,27,33)/t16-,17+. The molecule has 4 rings (SSSR count). The molecule has 0 unspecified atom stereocenters. The van der Waals surface area contributed by atoms with Crippen LogP contribution in [0, 0.1) is 5.82 Å². The van der Waals surface area contributed by atoms with Crippen LogP contribution in [0.15, 0.2) is 22.7 Å². The van der Waals surface area contributed by atoms with E-state index >= 15 is 0 Å². The molecule has 1 saturated carbocycles. The van der Waals surface area contributed by atoms with Gasteiger partial charge in [0.25, 0.3) is 5.95 Å². The highest BCUT2D eigenvalue weighted by molar-refractivity contribution is 5.84. The molecule has 35 heavy (non-hydrogen) atoms. The molecule has 10 heteroatoms. The van der Waals surface area contributed by atoms with E-state index in [0.29, 0.717) is 24.0 Å². The fraction of sp³-hybridized carbons (Fsp3) is 0.600. The lowest BCUT2D eigenvalue weighted by atomic mass is 9.79. The van der Waals surface area contributed by atoms with E-state index in [2.05, 4.69) is 32.5 Å². The van der Waals surface area contributed by atoms with Crippen LogP contribution in [-0.2, 0) is 4.74 Å². The number of benzene rings is 1. The van der Waals surface area contributed by atoms with Gasteiger partial charge in [-0.3, -0.25) is 0 Å². The molecule has 1 aromatic carbocycles. The SMILES string of the molecule is CC(C)c1nn(-c2noc([C@H]3C[C@@H](N(C)CCCNC(=O)OC(C)(C)C)C3)n2)c2c(F)cccc12. The molecule has 2 heterocycles. The van der Waals surface area contributed by atoms with Crippen molar-refractivity contribution in [1.29, 1.82) is 0 Å². The quantitative estimate of drug-likeness (QED) is 0.458. The molecular formula is C25H35FN6O3. The van der Waals surface area contributed by atoms with Crippen LogP contribution in [0.4, 0.5) is 9.18 Å². The summed E-state index contributed by atoms with van der Waals surface area (Å²) in [5.74, 6) is 0.753. The van der Waals surface area contributed by atoms with Gasteiger partial charge in [0.15, 0.2) is 0 Å². The number of nitrogens with one attached hydrogen (secondary N) is 1. The summed E-state index contributed by atoms with van der Waals surface area (Å²) in [4.78, 5) is 18.6. The third-order valence-corrected chi connectivity index (χ3v) is 6.29. The summed E-state index contributed by atoms with van der Waals surface area (Å²) in [6, 6.07) is 5.39. The number of carbonyl (C=O) groups excluding carboxylic acids is 1. The number of nitrogens with zero attached hydrogens (tertiary/aromatic N) is 5. The van der Waals surface area contributed by atoms with Crippen LogP contribution in [0.25, 0.3) is 16.9 Å². The second-order valence-electron chi connectivity index (χ2n) is 10.6. The van der Waals surface area contributed by atoms with Gasteiger partial charge >= 0.3 is 6.09 Å². The first kappa shape index (κ1) is 25.1. The fourth-order valence-corrected chi connectivity index (χ4v) is 4.36. The maximum absolute atomic E-state index is 14.7. The number of halogens is 1. The van der Waals surface area contributed by atoms with Crippen molar-refractivity contribution >= 4 is 17.0 Å². The van der Waals surface area contributed by atoms with Crippen LogP contribution in [0.1, 0.15) is 77.3 Å². The lowest BCUT2D eigenvalue weighted by Crippen LogP contribution is -2.42. The lowest BCUT2D eigenvalue weighted by Gasteiger charge is -2.39. The van der Waals surface area contributed by atoms with Crippen molar-refractivity contribution < 1.29 is 18.4 Å². The van der Waals surface area contributed by atoms with Crippen LogP contribution < -0.4 is 5.32 Å². The van der Waals surface area contributed by atoms with Crippen molar-refractivity contribution in [3.63, 3.8) is 0 Å². The Morgan fingerprint density at radius 2 is 2.09 bits per heavy atom. The van der Waals surface area contributed by atoms with Crippen molar-refractivity contribution in [2.75, 3.05) is 20.1 Å². The minimum absolute atomic E-state index is 0.134. The van der Waals surface area contributed by atoms with Gasteiger partial charge in [-0.25, -0.2) is 9.18 Å². The van der Waals surface area contributed by atoms with E-state index < -0.39 is 5.60 Å². The Morgan fingerprint density at radius 3 is 2.77 bits per heavy atom. The van der Waals surface area contributed by atoms with Crippen molar-refractivity contribution in [1.82, 2.24) is 30.1 Å². The largest absolute Gasteiger partial charge is 0.444 e. The average molecular weight is 487 g/mol. The topological polar surface area (TPSA) is 98.3 Å². The number of para-hydroxylation sites is 1. The molecule has 190 valence electrons. The molecule has 1 fully saturated rings. The highest BCUT2D eigenvalue weighted by Crippen LogP contribution is 2.39. The lowest BCUT2D eigenvalue weighted by molar-refractivity contribution is 0.0523. The number of carbonyl (C=O) groups is 1. The van der Waals surface area contributed by atoms with E-state index in [0.717, 1.165) is 36.9 Å². The van der Waals surface area contributed by atoms with Gasteiger partial charge in [-0.05, 0) is 70.8 Å². The number of alkyl carbamates (subject to hydrolysis) is 1. The summed E-state index contributed by atoms with van der Waals surface area (Å²) in [5, 5.41) is 12.3. The average Bonchev–Trinajstić information content (AvgIpc) is 3.34. The molecule has 3 aromatic rings. The first-order valence-corrected chi connectivity index (χ1v) is 12.2. The first-order valence-electron chi connectivity index (χ1n) is 12.2. The van der Waals surface area contributed by atoms with Crippen molar-refractivity contribution in [2.45, 2.75) is 77.4 Å². The maximum Gasteiger partial charge on any atom is 0.407 e. The summed E-state index contributed by atoms with van der Waals surface area (Å²) in [6.07, 6.45) is 2.26. The van der Waals surface area contributed by atoms with Crippen molar-refractivity contribution in [3.8, 4) is 5.95 Å². The maximum atomic E-state index is 14.7. The van der Waals surface area contributed by atoms with E-state index in [4.69, 9.17) is 9.26 Å². The summed E-state index contributed by atoms with van der Waals surface area (Å²) < 4.78 is 26.9. The zero-order valence-corrected chi connectivity index (χ0v) is 21.3. The summed E-state index contributed by atoms with van der Waals surface area (Å²) in [6.45, 7) is 11.0. The smallest absolute Gasteiger partial charge is 0.407 e. The fourth-order valence-electron chi connectivity index (χ4n) is 4.36. The molecule has 1 amide bonds. The predicted molar refractivity (Wildman–Crippen MR) is 130 cm³/mol. The van der Waals surface area contributed by atoms with Crippen molar-refractivity contribution in [2.24, 2.45) is 0 Å². The van der Waals surface area contributed by atoms with E-state index in [9.17, 15) is 9.18 Å². The van der Waals surface area contributed by atoms with E-state index in [1.54, 1.807) is 6.07 Å². The Hall–Kier alpha value is -3.01. The minimum Gasteiger partial charge on any atom is -0.444 e. The third-order valence-electron chi connectivity index (χ3n) is 6.29. The molecule has 0 saturated heterocycles. The summed E-state index contributed by atoms with van der Waals surface area (Å²) in [7, 11) is 2.08. The van der Waals surface area contributed by atoms with Gasteiger partial charge < -0.3 is 19.5 Å². The van der Waals surface area contributed by atoms with E-state index in [1.165, 1.54) is 10.7 Å². The molecule has 9 nitrogen and oxygen atoms in total. The number of hydrogen-bond acceptors (Lipinski definition) is 7. The number of ether oxygens (including phenoxy) is 1. The highest BCUT2D eigenvalue weighted by Gasteiger charge is 2.37. The zero-order chi connectivity index (χ0) is 25.3. The Balaban J connectivity index is 1.31. The van der Waals surface area contributed by atoms with Gasteiger partial charge in [0.2, 0.25) is 5.89 Å². The molecular weight excluding hydrogens is 451 g/mol. The number of rotatable bonds is 8. The summed E-state index contributed by atoms with van der Waals surface area (Å²) >= 11 is 0. The molecule has 0 atom stereocenters. The van der Waals surface area contributed by atoms with Gasteiger partial charge in [-0.1, -0.05) is 26.0 Å². The number of hydrogen-bond donors (Lipinski definition) is 1. The first-order chi connectivity index (χ1) is 16.5. The van der Waals surface area contributed by atoms with Gasteiger partial charge in [-0.2, -0.15) is 14.8 Å². The molecule has 2 aromatic heterocycles. The predicted octanol–water partition coefficient (Wildman–Crippen LogP) is 4.76. The van der Waals surface area contributed by atoms with Crippen LogP contribution in [-0.4, -0.2) is 62.7 Å². The Labute approximate surface area is 205 Å². The second-order valence-corrected chi connectivity index (χ2v) is 10.6. The Bertz CT molecular complexity index is 1180. The van der Waals surface area contributed by atoms with Crippen LogP contribution in [0.2, 0.25) is 0 Å². The molecule has 0 radical (unpaired) electrons. The van der Waals surface area contributed by atoms with Gasteiger partial charge in [-0.15, -0.1) is 0 Å². The monoisotopic (exact) mass is 486 g/mol. The van der Waals surface area contributed by atoms with Crippen molar-refractivity contribution in [3.05, 3.63) is 35.6 Å². The number of fused-ring (bicyclic) bond motifs is 1. The normalized spacial score (nSPS) is 18.3. The van der Waals surface area contributed by atoms with Crippen LogP contribution >= 0.6 is 0 Å². The van der Waals surface area contributed by atoms with Crippen LogP contribution in [0.5, 0.6) is 0 Å². The molecule has 0 spiro atoms.